The minimum absolute atomic E-state index is 0.0237. The summed E-state index contributed by atoms with van der Waals surface area (Å²) in [6.45, 7) is 6.12. The van der Waals surface area contributed by atoms with E-state index in [9.17, 15) is 0 Å². The molecule has 56 valence electrons. The van der Waals surface area contributed by atoms with Gasteiger partial charge in [0.25, 0.3) is 0 Å². The van der Waals surface area contributed by atoms with Crippen LogP contribution in [0, 0.1) is 0 Å². The van der Waals surface area contributed by atoms with Gasteiger partial charge in [-0.3, -0.25) is 0 Å². The maximum absolute atomic E-state index is 5.72. The summed E-state index contributed by atoms with van der Waals surface area (Å²) in [7, 11) is 0. The Labute approximate surface area is 64.8 Å². The zero-order valence-electron chi connectivity index (χ0n) is 6.27. The quantitative estimate of drug-likeness (QED) is 0.627. The normalized spacial score (nSPS) is 12.0. The van der Waals surface area contributed by atoms with E-state index in [1.807, 2.05) is 20.8 Å². The smallest absolute Gasteiger partial charge is 0.174 e. The zero-order chi connectivity index (χ0) is 7.78. The lowest BCUT2D eigenvalue weighted by Gasteiger charge is -2.13. The van der Waals surface area contributed by atoms with Crippen molar-refractivity contribution in [2.24, 2.45) is 0 Å². The average Bonchev–Trinajstić information content (AvgIpc) is 2.11. The van der Waals surface area contributed by atoms with Crippen LogP contribution >= 0.6 is 11.6 Å². The van der Waals surface area contributed by atoms with Gasteiger partial charge in [0.15, 0.2) is 5.15 Å². The minimum atomic E-state index is -0.0237. The van der Waals surface area contributed by atoms with Crippen molar-refractivity contribution >= 4 is 11.6 Å². The topological polar surface area (TPSA) is 41.6 Å². The molecule has 1 N–H and O–H groups in total. The van der Waals surface area contributed by atoms with Crippen molar-refractivity contribution in [2.75, 3.05) is 0 Å². The molecule has 0 saturated heterocycles. The highest BCUT2D eigenvalue weighted by Crippen LogP contribution is 2.24. The summed E-state index contributed by atoms with van der Waals surface area (Å²) in [5.41, 5.74) is 0.790. The van der Waals surface area contributed by atoms with Gasteiger partial charge in [-0.2, -0.15) is 10.3 Å². The molecule has 0 bridgehead atoms. The fourth-order valence-corrected chi connectivity index (χ4v) is 1.06. The first-order valence-electron chi connectivity index (χ1n) is 3.08. The number of aromatic amines is 1. The summed E-state index contributed by atoms with van der Waals surface area (Å²) in [5, 5.41) is 10.6. The van der Waals surface area contributed by atoms with Gasteiger partial charge in [-0.1, -0.05) is 32.4 Å². The fourth-order valence-electron chi connectivity index (χ4n) is 0.695. The van der Waals surface area contributed by atoms with Crippen LogP contribution in [0.2, 0.25) is 5.15 Å². The SMILES string of the molecule is CC(C)(C)c1n[nH]nc1Cl. The van der Waals surface area contributed by atoms with Crippen molar-refractivity contribution in [2.45, 2.75) is 26.2 Å². The summed E-state index contributed by atoms with van der Waals surface area (Å²) in [6, 6.07) is 0. The third-order valence-electron chi connectivity index (χ3n) is 1.22. The molecular formula is C6H10ClN3. The molecule has 0 aliphatic carbocycles. The van der Waals surface area contributed by atoms with Gasteiger partial charge in [0.05, 0.1) is 0 Å². The Hall–Kier alpha value is -0.570. The second kappa shape index (κ2) is 2.23. The molecule has 3 nitrogen and oxygen atoms in total. The molecule has 1 aromatic heterocycles. The van der Waals surface area contributed by atoms with E-state index in [1.54, 1.807) is 0 Å². The fraction of sp³-hybridized carbons (Fsp3) is 0.667. The first kappa shape index (κ1) is 7.54. The molecule has 1 rings (SSSR count). The molecule has 0 amide bonds. The predicted molar refractivity (Wildman–Crippen MR) is 40.1 cm³/mol. The van der Waals surface area contributed by atoms with Crippen molar-refractivity contribution < 1.29 is 0 Å². The van der Waals surface area contributed by atoms with Gasteiger partial charge < -0.3 is 0 Å². The number of hydrogen-bond acceptors (Lipinski definition) is 2. The highest BCUT2D eigenvalue weighted by molar-refractivity contribution is 6.30. The molecule has 0 radical (unpaired) electrons. The molecule has 10 heavy (non-hydrogen) atoms. The molecule has 0 unspecified atom stereocenters. The maximum atomic E-state index is 5.72. The lowest BCUT2D eigenvalue weighted by atomic mass is 9.93. The summed E-state index contributed by atoms with van der Waals surface area (Å²) in [6.07, 6.45) is 0. The van der Waals surface area contributed by atoms with Gasteiger partial charge in [-0.15, -0.1) is 5.10 Å². The van der Waals surface area contributed by atoms with Gasteiger partial charge in [0.2, 0.25) is 0 Å². The zero-order valence-corrected chi connectivity index (χ0v) is 7.03. The predicted octanol–water partition coefficient (Wildman–Crippen LogP) is 1.76. The van der Waals surface area contributed by atoms with Gasteiger partial charge in [0, 0.05) is 5.41 Å². The molecule has 0 aromatic carbocycles. The van der Waals surface area contributed by atoms with Crippen LogP contribution in [0.1, 0.15) is 26.5 Å². The molecule has 1 aromatic rings. The Kier molecular flexibility index (Phi) is 1.68. The van der Waals surface area contributed by atoms with Crippen LogP contribution in [-0.2, 0) is 5.41 Å². The largest absolute Gasteiger partial charge is 0.196 e. The van der Waals surface area contributed by atoms with Crippen LogP contribution in [0.5, 0.6) is 0 Å². The molecule has 0 saturated carbocycles. The molecule has 1 heterocycles. The number of aromatic nitrogens is 3. The number of nitrogens with one attached hydrogen (secondary N) is 1. The second-order valence-corrected chi connectivity index (χ2v) is 3.57. The summed E-state index contributed by atoms with van der Waals surface area (Å²) < 4.78 is 0. The number of H-pyrrole nitrogens is 1. The van der Waals surface area contributed by atoms with Crippen molar-refractivity contribution in [3.05, 3.63) is 10.8 Å². The van der Waals surface area contributed by atoms with Crippen LogP contribution in [0.15, 0.2) is 0 Å². The standard InChI is InChI=1S/C6H10ClN3/c1-6(2,3)4-5(7)9-10-8-4/h1-3H3,(H,8,9,10). The van der Waals surface area contributed by atoms with E-state index in [2.05, 4.69) is 15.4 Å². The first-order valence-corrected chi connectivity index (χ1v) is 3.46. The lowest BCUT2D eigenvalue weighted by Crippen LogP contribution is -2.12. The molecule has 0 atom stereocenters. The third kappa shape index (κ3) is 1.29. The summed E-state index contributed by atoms with van der Waals surface area (Å²) >= 11 is 5.72. The monoisotopic (exact) mass is 159 g/mol. The molecular weight excluding hydrogens is 150 g/mol. The van der Waals surface area contributed by atoms with Crippen LogP contribution in [0.4, 0.5) is 0 Å². The van der Waals surface area contributed by atoms with E-state index in [-0.39, 0.29) is 5.41 Å². The Morgan fingerprint density at radius 1 is 1.30 bits per heavy atom. The summed E-state index contributed by atoms with van der Waals surface area (Å²) in [5.74, 6) is 0. The Morgan fingerprint density at radius 2 is 1.90 bits per heavy atom. The molecule has 0 spiro atoms. The van der Waals surface area contributed by atoms with Crippen LogP contribution in [-0.4, -0.2) is 15.4 Å². The van der Waals surface area contributed by atoms with Crippen LogP contribution in [0.25, 0.3) is 0 Å². The van der Waals surface area contributed by atoms with Crippen LogP contribution < -0.4 is 0 Å². The van der Waals surface area contributed by atoms with Crippen molar-refractivity contribution in [3.63, 3.8) is 0 Å². The van der Waals surface area contributed by atoms with E-state index in [4.69, 9.17) is 11.6 Å². The Morgan fingerprint density at radius 3 is 2.10 bits per heavy atom. The summed E-state index contributed by atoms with van der Waals surface area (Å²) in [4.78, 5) is 0. The second-order valence-electron chi connectivity index (χ2n) is 3.21. The number of rotatable bonds is 0. The molecule has 0 aliphatic heterocycles. The first-order chi connectivity index (χ1) is 4.52. The maximum Gasteiger partial charge on any atom is 0.174 e. The minimum Gasteiger partial charge on any atom is -0.196 e. The van der Waals surface area contributed by atoms with Gasteiger partial charge >= 0.3 is 0 Å². The molecule has 0 fully saturated rings. The van der Waals surface area contributed by atoms with E-state index < -0.39 is 0 Å². The Balaban J connectivity index is 3.05. The van der Waals surface area contributed by atoms with E-state index >= 15 is 0 Å². The Bertz CT molecular complexity index is 223. The molecule has 4 heteroatoms. The van der Waals surface area contributed by atoms with E-state index in [1.165, 1.54) is 0 Å². The lowest BCUT2D eigenvalue weighted by molar-refractivity contribution is 0.567. The number of halogens is 1. The third-order valence-corrected chi connectivity index (χ3v) is 1.48. The van der Waals surface area contributed by atoms with Crippen molar-refractivity contribution in [1.82, 2.24) is 15.4 Å². The highest BCUT2D eigenvalue weighted by Gasteiger charge is 2.20. The highest BCUT2D eigenvalue weighted by atomic mass is 35.5. The number of hydrogen-bond donors (Lipinski definition) is 1. The van der Waals surface area contributed by atoms with E-state index in [0.717, 1.165) is 5.69 Å². The van der Waals surface area contributed by atoms with Crippen LogP contribution in [0.3, 0.4) is 0 Å². The van der Waals surface area contributed by atoms with Gasteiger partial charge in [-0.05, 0) is 0 Å². The number of nitrogens with zero attached hydrogens (tertiary/aromatic N) is 2. The van der Waals surface area contributed by atoms with Gasteiger partial charge in [0.1, 0.15) is 5.69 Å². The van der Waals surface area contributed by atoms with Crippen molar-refractivity contribution in [1.29, 1.82) is 0 Å². The average molecular weight is 160 g/mol. The van der Waals surface area contributed by atoms with Crippen molar-refractivity contribution in [3.8, 4) is 0 Å². The van der Waals surface area contributed by atoms with E-state index in [0.29, 0.717) is 5.15 Å². The van der Waals surface area contributed by atoms with Gasteiger partial charge in [-0.25, -0.2) is 0 Å². The molecule has 0 aliphatic rings.